The lowest BCUT2D eigenvalue weighted by molar-refractivity contribution is -0.117. The zero-order valence-corrected chi connectivity index (χ0v) is 12.4. The van der Waals surface area contributed by atoms with Crippen LogP contribution in [0, 0.1) is 5.92 Å². The van der Waals surface area contributed by atoms with Gasteiger partial charge in [-0.3, -0.25) is 9.59 Å². The fraction of sp³-hybridized carbons (Fsp3) is 0.500. The fourth-order valence-corrected chi connectivity index (χ4v) is 2.10. The normalized spacial score (nSPS) is 15.3. The molecule has 1 aromatic rings. The summed E-state index contributed by atoms with van der Waals surface area (Å²) in [6.07, 6.45) is 3.40. The fourth-order valence-electron chi connectivity index (χ4n) is 2.10. The van der Waals surface area contributed by atoms with Crippen molar-refractivity contribution in [3.05, 3.63) is 29.8 Å². The Morgan fingerprint density at radius 2 is 2.14 bits per heavy atom. The molecule has 5 nitrogen and oxygen atoms in total. The van der Waals surface area contributed by atoms with E-state index < -0.39 is 0 Å². The average molecular weight is 289 g/mol. The highest BCUT2D eigenvalue weighted by Crippen LogP contribution is 2.20. The summed E-state index contributed by atoms with van der Waals surface area (Å²) in [5.74, 6) is 0.0559. The molecule has 0 aliphatic heterocycles. The summed E-state index contributed by atoms with van der Waals surface area (Å²) in [4.78, 5) is 23.9. The number of carbonyl (C=O) groups is 2. The molecule has 114 valence electrons. The summed E-state index contributed by atoms with van der Waals surface area (Å²) >= 11 is 0. The van der Waals surface area contributed by atoms with Crippen LogP contribution < -0.4 is 16.4 Å². The Morgan fingerprint density at radius 3 is 2.76 bits per heavy atom. The van der Waals surface area contributed by atoms with Gasteiger partial charge in [0.05, 0.1) is 0 Å². The van der Waals surface area contributed by atoms with Crippen molar-refractivity contribution in [1.29, 1.82) is 0 Å². The van der Waals surface area contributed by atoms with Crippen molar-refractivity contribution in [3.63, 3.8) is 0 Å². The van der Waals surface area contributed by atoms with Crippen LogP contribution in [0.5, 0.6) is 0 Å². The average Bonchev–Trinajstić information content (AvgIpc) is 3.29. The highest BCUT2D eigenvalue weighted by molar-refractivity contribution is 5.97. The molecule has 1 aromatic carbocycles. The van der Waals surface area contributed by atoms with E-state index in [1.54, 1.807) is 24.3 Å². The number of benzene rings is 1. The van der Waals surface area contributed by atoms with Gasteiger partial charge in [-0.1, -0.05) is 19.4 Å². The molecule has 0 saturated heterocycles. The van der Waals surface area contributed by atoms with Crippen molar-refractivity contribution in [2.75, 3.05) is 11.9 Å². The number of amides is 2. The van der Waals surface area contributed by atoms with Gasteiger partial charge in [0.2, 0.25) is 5.91 Å². The first-order valence-electron chi connectivity index (χ1n) is 7.53. The van der Waals surface area contributed by atoms with Gasteiger partial charge >= 0.3 is 0 Å². The Labute approximate surface area is 125 Å². The summed E-state index contributed by atoms with van der Waals surface area (Å²) < 4.78 is 0. The highest BCUT2D eigenvalue weighted by Gasteiger charge is 2.23. The van der Waals surface area contributed by atoms with Gasteiger partial charge < -0.3 is 16.4 Å². The van der Waals surface area contributed by atoms with Gasteiger partial charge in [0.25, 0.3) is 5.91 Å². The van der Waals surface area contributed by atoms with E-state index in [-0.39, 0.29) is 17.7 Å². The van der Waals surface area contributed by atoms with Crippen molar-refractivity contribution in [3.8, 4) is 0 Å². The van der Waals surface area contributed by atoms with Crippen molar-refractivity contribution in [2.24, 2.45) is 11.7 Å². The summed E-state index contributed by atoms with van der Waals surface area (Å²) in [5, 5.41) is 5.76. The van der Waals surface area contributed by atoms with E-state index in [1.165, 1.54) is 0 Å². The van der Waals surface area contributed by atoms with E-state index in [9.17, 15) is 9.59 Å². The predicted octanol–water partition coefficient (Wildman–Crippen LogP) is 1.89. The second-order valence-corrected chi connectivity index (χ2v) is 5.59. The van der Waals surface area contributed by atoms with Crippen LogP contribution >= 0.6 is 0 Å². The molecule has 1 atom stereocenters. The number of hydrogen-bond acceptors (Lipinski definition) is 3. The van der Waals surface area contributed by atoms with Crippen LogP contribution in [0.15, 0.2) is 24.3 Å². The summed E-state index contributed by atoms with van der Waals surface area (Å²) in [5.41, 5.74) is 6.83. The van der Waals surface area contributed by atoms with Crippen molar-refractivity contribution < 1.29 is 9.59 Å². The minimum absolute atomic E-state index is 0.0629. The molecule has 0 bridgehead atoms. The topological polar surface area (TPSA) is 84.2 Å². The lowest BCUT2D eigenvalue weighted by atomic mass is 10.0. The summed E-state index contributed by atoms with van der Waals surface area (Å²) in [6.45, 7) is 2.53. The molecule has 2 rings (SSSR count). The van der Waals surface area contributed by atoms with E-state index in [0.717, 1.165) is 19.3 Å². The minimum atomic E-state index is -0.0815. The molecule has 1 fully saturated rings. The Morgan fingerprint density at radius 1 is 1.38 bits per heavy atom. The molecule has 21 heavy (non-hydrogen) atoms. The molecular weight excluding hydrogens is 266 g/mol. The molecule has 0 radical (unpaired) electrons. The van der Waals surface area contributed by atoms with Crippen LogP contribution in [0.25, 0.3) is 0 Å². The van der Waals surface area contributed by atoms with Gasteiger partial charge in [0.1, 0.15) is 0 Å². The standard InChI is InChI=1S/C16H23N3O2/c1-2-11(10-17)8-15(20)18-14-5-3-4-12(9-14)16(21)19-13-6-7-13/h3-5,9,11,13H,2,6-8,10,17H2,1H3,(H,18,20)(H,19,21). The van der Waals surface area contributed by atoms with Crippen LogP contribution in [-0.4, -0.2) is 24.4 Å². The molecule has 2 amide bonds. The first-order chi connectivity index (χ1) is 10.1. The Hall–Kier alpha value is -1.88. The van der Waals surface area contributed by atoms with Crippen LogP contribution in [0.1, 0.15) is 43.0 Å². The van der Waals surface area contributed by atoms with Crippen molar-refractivity contribution in [1.82, 2.24) is 5.32 Å². The smallest absolute Gasteiger partial charge is 0.251 e. The van der Waals surface area contributed by atoms with Gasteiger partial charge in [0.15, 0.2) is 0 Å². The Bertz CT molecular complexity index is 508. The molecule has 0 aromatic heterocycles. The molecule has 0 spiro atoms. The summed E-state index contributed by atoms with van der Waals surface area (Å²) in [6, 6.07) is 7.35. The number of hydrogen-bond donors (Lipinski definition) is 3. The maximum absolute atomic E-state index is 12.0. The second kappa shape index (κ2) is 7.22. The minimum Gasteiger partial charge on any atom is -0.349 e. The van der Waals surface area contributed by atoms with Gasteiger partial charge in [-0.05, 0) is 43.5 Å². The second-order valence-electron chi connectivity index (χ2n) is 5.59. The molecule has 4 N–H and O–H groups in total. The van der Waals surface area contributed by atoms with Crippen LogP contribution in [0.4, 0.5) is 5.69 Å². The van der Waals surface area contributed by atoms with E-state index in [2.05, 4.69) is 10.6 Å². The van der Waals surface area contributed by atoms with Crippen molar-refractivity contribution >= 4 is 17.5 Å². The number of nitrogens with one attached hydrogen (secondary N) is 2. The zero-order chi connectivity index (χ0) is 15.2. The number of carbonyl (C=O) groups excluding carboxylic acids is 2. The molecule has 1 aliphatic carbocycles. The van der Waals surface area contributed by atoms with Gasteiger partial charge in [-0.2, -0.15) is 0 Å². The lowest BCUT2D eigenvalue weighted by Gasteiger charge is -2.12. The summed E-state index contributed by atoms with van der Waals surface area (Å²) in [7, 11) is 0. The van der Waals surface area contributed by atoms with Crippen LogP contribution in [0.2, 0.25) is 0 Å². The predicted molar refractivity (Wildman–Crippen MR) is 83.0 cm³/mol. The maximum Gasteiger partial charge on any atom is 0.251 e. The van der Waals surface area contributed by atoms with Gasteiger partial charge in [-0.15, -0.1) is 0 Å². The molecule has 5 heteroatoms. The van der Waals surface area contributed by atoms with E-state index in [1.807, 2.05) is 6.92 Å². The third-order valence-corrected chi connectivity index (χ3v) is 3.71. The third-order valence-electron chi connectivity index (χ3n) is 3.71. The molecular formula is C16H23N3O2. The quantitative estimate of drug-likeness (QED) is 0.716. The largest absolute Gasteiger partial charge is 0.349 e. The van der Waals surface area contributed by atoms with Crippen molar-refractivity contribution in [2.45, 2.75) is 38.6 Å². The Kier molecular flexibility index (Phi) is 5.33. The van der Waals surface area contributed by atoms with Gasteiger partial charge in [0, 0.05) is 23.7 Å². The molecule has 1 unspecified atom stereocenters. The lowest BCUT2D eigenvalue weighted by Crippen LogP contribution is -2.25. The number of nitrogens with two attached hydrogens (primary N) is 1. The van der Waals surface area contributed by atoms with Crippen LogP contribution in [-0.2, 0) is 4.79 Å². The van der Waals surface area contributed by atoms with Gasteiger partial charge in [-0.25, -0.2) is 0 Å². The number of anilines is 1. The number of rotatable bonds is 7. The Balaban J connectivity index is 1.93. The van der Waals surface area contributed by atoms with E-state index in [4.69, 9.17) is 5.73 Å². The highest BCUT2D eigenvalue weighted by atomic mass is 16.2. The SMILES string of the molecule is CCC(CN)CC(=O)Nc1cccc(C(=O)NC2CC2)c1. The molecule has 1 saturated carbocycles. The third kappa shape index (κ3) is 4.86. The first-order valence-corrected chi connectivity index (χ1v) is 7.53. The maximum atomic E-state index is 12.0. The molecule has 0 heterocycles. The van der Waals surface area contributed by atoms with E-state index >= 15 is 0 Å². The van der Waals surface area contributed by atoms with E-state index in [0.29, 0.717) is 30.3 Å². The zero-order valence-electron chi connectivity index (χ0n) is 12.4. The van der Waals surface area contributed by atoms with Crippen LogP contribution in [0.3, 0.4) is 0 Å². The first kappa shape index (κ1) is 15.5. The molecule has 1 aliphatic rings. The monoisotopic (exact) mass is 289 g/mol.